The number of anilines is 1. The van der Waals surface area contributed by atoms with Crippen LogP contribution in [0, 0.1) is 12.8 Å². The van der Waals surface area contributed by atoms with Gasteiger partial charge in [0, 0.05) is 32.1 Å². The fourth-order valence-corrected chi connectivity index (χ4v) is 5.09. The summed E-state index contributed by atoms with van der Waals surface area (Å²) in [4.78, 5) is 33.5. The first-order chi connectivity index (χ1) is 16.9. The van der Waals surface area contributed by atoms with E-state index in [4.69, 9.17) is 5.73 Å². The molecule has 0 bridgehead atoms. The molecule has 0 spiro atoms. The molecule has 2 heterocycles. The number of fused-ring (bicyclic) bond motifs is 1. The standard InChI is InChI=1S/C26H28N6O2S/c1-16-6-5-7-18(14-16)23-22(29-26(27)35-23)25(34)32(15-17-10-11-17)13-12-28-24(33)21-19-8-3-4-9-20(19)31(2)30-21/h3-9,14,17H,10-13,15H2,1-2H3,(H2,27,29)(H,28,33). The normalized spacial score (nSPS) is 13.2. The Labute approximate surface area is 207 Å². The SMILES string of the molecule is Cc1cccc(-c2sc(N)nc2C(=O)N(CCNC(=O)c2nn(C)c3ccccc23)CC2CC2)c1. The van der Waals surface area contributed by atoms with E-state index in [9.17, 15) is 9.59 Å². The lowest BCUT2D eigenvalue weighted by molar-refractivity contribution is 0.0736. The van der Waals surface area contributed by atoms with Crippen LogP contribution in [0.1, 0.15) is 39.4 Å². The maximum atomic E-state index is 13.6. The van der Waals surface area contributed by atoms with Crippen LogP contribution >= 0.6 is 11.3 Å². The van der Waals surface area contributed by atoms with E-state index in [0.29, 0.717) is 42.1 Å². The third-order valence-corrected chi connectivity index (χ3v) is 7.16. The molecule has 4 aromatic rings. The number of aryl methyl sites for hydroxylation is 2. The second kappa shape index (κ2) is 9.50. The first kappa shape index (κ1) is 23.0. The van der Waals surface area contributed by atoms with Crippen LogP contribution in [0.2, 0.25) is 0 Å². The molecule has 0 aliphatic heterocycles. The van der Waals surface area contributed by atoms with Crippen LogP contribution in [-0.4, -0.2) is 51.1 Å². The van der Waals surface area contributed by atoms with Gasteiger partial charge < -0.3 is 16.0 Å². The second-order valence-corrected chi connectivity index (χ2v) is 10.1. The monoisotopic (exact) mass is 488 g/mol. The number of amides is 2. The number of aromatic nitrogens is 3. The number of hydrogen-bond acceptors (Lipinski definition) is 6. The molecule has 3 N–H and O–H groups in total. The number of carbonyl (C=O) groups is 2. The van der Waals surface area contributed by atoms with Crippen LogP contribution in [0.3, 0.4) is 0 Å². The lowest BCUT2D eigenvalue weighted by atomic mass is 10.1. The third-order valence-electron chi connectivity index (χ3n) is 6.23. The van der Waals surface area contributed by atoms with Gasteiger partial charge in [0.2, 0.25) is 0 Å². The van der Waals surface area contributed by atoms with Crippen molar-refractivity contribution in [2.75, 3.05) is 25.4 Å². The zero-order valence-corrected chi connectivity index (χ0v) is 20.6. The first-order valence-electron chi connectivity index (χ1n) is 11.7. The van der Waals surface area contributed by atoms with E-state index in [-0.39, 0.29) is 11.8 Å². The Balaban J connectivity index is 1.32. The Morgan fingerprint density at radius 3 is 2.74 bits per heavy atom. The maximum Gasteiger partial charge on any atom is 0.274 e. The lowest BCUT2D eigenvalue weighted by Crippen LogP contribution is -2.40. The highest BCUT2D eigenvalue weighted by atomic mass is 32.1. The van der Waals surface area contributed by atoms with Crippen molar-refractivity contribution < 1.29 is 9.59 Å². The highest BCUT2D eigenvalue weighted by molar-refractivity contribution is 7.19. The molecule has 2 aromatic carbocycles. The summed E-state index contributed by atoms with van der Waals surface area (Å²) in [6.07, 6.45) is 2.22. The second-order valence-electron chi connectivity index (χ2n) is 9.04. The van der Waals surface area contributed by atoms with Crippen molar-refractivity contribution in [3.63, 3.8) is 0 Å². The van der Waals surface area contributed by atoms with Gasteiger partial charge in [-0.05, 0) is 37.3 Å². The molecule has 5 rings (SSSR count). The van der Waals surface area contributed by atoms with Gasteiger partial charge in [-0.1, -0.05) is 59.4 Å². The molecule has 8 nitrogen and oxygen atoms in total. The van der Waals surface area contributed by atoms with Crippen LogP contribution in [0.4, 0.5) is 5.13 Å². The molecule has 1 saturated carbocycles. The Hall–Kier alpha value is -3.72. The largest absolute Gasteiger partial charge is 0.375 e. The fourth-order valence-electron chi connectivity index (χ4n) is 4.27. The van der Waals surface area contributed by atoms with Gasteiger partial charge in [0.15, 0.2) is 10.8 Å². The van der Waals surface area contributed by atoms with Gasteiger partial charge in [-0.15, -0.1) is 0 Å². The number of nitrogens with zero attached hydrogens (tertiary/aromatic N) is 4. The molecule has 9 heteroatoms. The Bertz CT molecular complexity index is 1400. The summed E-state index contributed by atoms with van der Waals surface area (Å²) >= 11 is 1.32. The van der Waals surface area contributed by atoms with Crippen molar-refractivity contribution in [2.45, 2.75) is 19.8 Å². The summed E-state index contributed by atoms with van der Waals surface area (Å²) in [6.45, 7) is 3.37. The molecule has 0 saturated heterocycles. The van der Waals surface area contributed by atoms with E-state index >= 15 is 0 Å². The summed E-state index contributed by atoms with van der Waals surface area (Å²) in [5.41, 5.74) is 9.73. The van der Waals surface area contributed by atoms with Gasteiger partial charge in [0.1, 0.15) is 5.69 Å². The number of hydrogen-bond donors (Lipinski definition) is 2. The van der Waals surface area contributed by atoms with Crippen molar-refractivity contribution in [3.8, 4) is 10.4 Å². The van der Waals surface area contributed by atoms with Gasteiger partial charge in [0.25, 0.3) is 11.8 Å². The van der Waals surface area contributed by atoms with E-state index in [2.05, 4.69) is 15.4 Å². The number of carbonyl (C=O) groups excluding carboxylic acids is 2. The number of nitrogens with one attached hydrogen (secondary N) is 1. The summed E-state index contributed by atoms with van der Waals surface area (Å²) in [7, 11) is 1.82. The summed E-state index contributed by atoms with van der Waals surface area (Å²) in [5.74, 6) is 0.0886. The topological polar surface area (TPSA) is 106 Å². The quantitative estimate of drug-likeness (QED) is 0.392. The number of para-hydroxylation sites is 1. The van der Waals surface area contributed by atoms with E-state index in [1.54, 1.807) is 9.58 Å². The molecule has 180 valence electrons. The Kier molecular flexibility index (Phi) is 6.25. The van der Waals surface area contributed by atoms with E-state index < -0.39 is 0 Å². The number of nitrogens with two attached hydrogens (primary N) is 1. The molecule has 2 amide bonds. The molecule has 1 fully saturated rings. The number of benzene rings is 2. The number of thiazole rings is 1. The van der Waals surface area contributed by atoms with E-state index in [1.807, 2.05) is 62.5 Å². The van der Waals surface area contributed by atoms with Crippen molar-refractivity contribution in [1.82, 2.24) is 25.0 Å². The molecule has 1 aliphatic carbocycles. The zero-order valence-electron chi connectivity index (χ0n) is 19.8. The predicted octanol–water partition coefficient (Wildman–Crippen LogP) is 3.87. The third kappa shape index (κ3) is 4.90. The van der Waals surface area contributed by atoms with Gasteiger partial charge in [-0.25, -0.2) is 4.98 Å². The van der Waals surface area contributed by atoms with Crippen molar-refractivity contribution in [1.29, 1.82) is 0 Å². The molecule has 0 unspecified atom stereocenters. The van der Waals surface area contributed by atoms with E-state index in [1.165, 1.54) is 11.3 Å². The molecule has 1 aliphatic rings. The van der Waals surface area contributed by atoms with Gasteiger partial charge in [-0.2, -0.15) is 5.10 Å². The average Bonchev–Trinajstić information content (AvgIpc) is 3.49. The highest BCUT2D eigenvalue weighted by Gasteiger charge is 2.30. The number of rotatable bonds is 8. The summed E-state index contributed by atoms with van der Waals surface area (Å²) in [5, 5.41) is 8.50. The molecule has 2 aromatic heterocycles. The van der Waals surface area contributed by atoms with Gasteiger partial charge in [-0.3, -0.25) is 14.3 Å². The van der Waals surface area contributed by atoms with Crippen molar-refractivity contribution in [2.24, 2.45) is 13.0 Å². The summed E-state index contributed by atoms with van der Waals surface area (Å²) in [6, 6.07) is 15.6. The minimum absolute atomic E-state index is 0.154. The lowest BCUT2D eigenvalue weighted by Gasteiger charge is -2.22. The fraction of sp³-hybridized carbons (Fsp3) is 0.308. The summed E-state index contributed by atoms with van der Waals surface area (Å²) < 4.78 is 1.70. The van der Waals surface area contributed by atoms with Crippen molar-refractivity contribution >= 4 is 39.2 Å². The predicted molar refractivity (Wildman–Crippen MR) is 138 cm³/mol. The average molecular weight is 489 g/mol. The van der Waals surface area contributed by atoms with E-state index in [0.717, 1.165) is 39.7 Å². The van der Waals surface area contributed by atoms with Gasteiger partial charge in [0.05, 0.1) is 10.4 Å². The zero-order chi connectivity index (χ0) is 24.5. The van der Waals surface area contributed by atoms with Crippen LogP contribution < -0.4 is 11.1 Å². The van der Waals surface area contributed by atoms with Crippen LogP contribution in [-0.2, 0) is 7.05 Å². The number of nitrogen functional groups attached to an aromatic ring is 1. The van der Waals surface area contributed by atoms with Gasteiger partial charge >= 0.3 is 0 Å². The molecular weight excluding hydrogens is 460 g/mol. The molecule has 35 heavy (non-hydrogen) atoms. The maximum absolute atomic E-state index is 13.6. The van der Waals surface area contributed by atoms with Crippen LogP contribution in [0.25, 0.3) is 21.3 Å². The molecular formula is C26H28N6O2S. The Morgan fingerprint density at radius 1 is 1.17 bits per heavy atom. The minimum atomic E-state index is -0.251. The molecule has 0 atom stereocenters. The molecule has 0 radical (unpaired) electrons. The van der Waals surface area contributed by atoms with Crippen molar-refractivity contribution in [3.05, 3.63) is 65.5 Å². The Morgan fingerprint density at radius 2 is 1.97 bits per heavy atom. The smallest absolute Gasteiger partial charge is 0.274 e. The first-order valence-corrected chi connectivity index (χ1v) is 12.5. The van der Waals surface area contributed by atoms with Crippen LogP contribution in [0.5, 0.6) is 0 Å². The highest BCUT2D eigenvalue weighted by Crippen LogP contribution is 2.34. The minimum Gasteiger partial charge on any atom is -0.375 e. The van der Waals surface area contributed by atoms with Crippen LogP contribution in [0.15, 0.2) is 48.5 Å².